The molecule has 1 aromatic carbocycles. The van der Waals surface area contributed by atoms with Gasteiger partial charge in [-0.1, -0.05) is 24.3 Å². The SMILES string of the molecule is Cl.NCCCCNC(=O)C1Cc2ccccc2CN1C(=O)c1ccco1. The maximum absolute atomic E-state index is 12.8. The molecule has 2 aromatic rings. The lowest BCUT2D eigenvalue weighted by Crippen LogP contribution is -2.52. The van der Waals surface area contributed by atoms with Crippen LogP contribution in [0.25, 0.3) is 0 Å². The first-order valence-electron chi connectivity index (χ1n) is 8.59. The zero-order valence-corrected chi connectivity index (χ0v) is 15.3. The molecule has 3 rings (SSSR count). The van der Waals surface area contributed by atoms with Crippen molar-refractivity contribution in [3.63, 3.8) is 0 Å². The molecule has 7 heteroatoms. The second kappa shape index (κ2) is 9.40. The van der Waals surface area contributed by atoms with Crippen LogP contribution in [0.3, 0.4) is 0 Å². The van der Waals surface area contributed by atoms with Crippen molar-refractivity contribution in [3.8, 4) is 0 Å². The highest BCUT2D eigenvalue weighted by Crippen LogP contribution is 2.25. The average molecular weight is 378 g/mol. The molecule has 0 spiro atoms. The molecule has 2 heterocycles. The molecule has 26 heavy (non-hydrogen) atoms. The Hall–Kier alpha value is -2.31. The number of benzene rings is 1. The van der Waals surface area contributed by atoms with Crippen molar-refractivity contribution in [2.45, 2.75) is 31.8 Å². The molecular formula is C19H24ClN3O3. The van der Waals surface area contributed by atoms with Crippen molar-refractivity contribution in [2.75, 3.05) is 13.1 Å². The van der Waals surface area contributed by atoms with Gasteiger partial charge in [-0.2, -0.15) is 0 Å². The van der Waals surface area contributed by atoms with E-state index in [1.165, 1.54) is 6.26 Å². The van der Waals surface area contributed by atoms with E-state index in [1.807, 2.05) is 24.3 Å². The number of unbranched alkanes of at least 4 members (excludes halogenated alkanes) is 1. The molecule has 2 amide bonds. The van der Waals surface area contributed by atoms with Gasteiger partial charge >= 0.3 is 0 Å². The van der Waals surface area contributed by atoms with Gasteiger partial charge in [0.25, 0.3) is 5.91 Å². The minimum atomic E-state index is -0.537. The predicted molar refractivity (Wildman–Crippen MR) is 101 cm³/mol. The summed E-state index contributed by atoms with van der Waals surface area (Å²) in [7, 11) is 0. The number of carbonyl (C=O) groups is 2. The van der Waals surface area contributed by atoms with Gasteiger partial charge in [-0.25, -0.2) is 0 Å². The van der Waals surface area contributed by atoms with Crippen LogP contribution < -0.4 is 11.1 Å². The lowest BCUT2D eigenvalue weighted by atomic mass is 9.93. The van der Waals surface area contributed by atoms with E-state index >= 15 is 0 Å². The summed E-state index contributed by atoms with van der Waals surface area (Å²) in [6.45, 7) is 1.57. The molecule has 0 saturated heterocycles. The minimum Gasteiger partial charge on any atom is -0.459 e. The molecule has 140 valence electrons. The Morgan fingerprint density at radius 1 is 1.15 bits per heavy atom. The minimum absolute atomic E-state index is 0. The van der Waals surface area contributed by atoms with Crippen LogP contribution in [0.2, 0.25) is 0 Å². The topological polar surface area (TPSA) is 88.6 Å². The van der Waals surface area contributed by atoms with Gasteiger partial charge in [-0.3, -0.25) is 9.59 Å². The van der Waals surface area contributed by atoms with E-state index in [0.29, 0.717) is 26.1 Å². The zero-order chi connectivity index (χ0) is 17.6. The fraction of sp³-hybridized carbons (Fsp3) is 0.368. The third-order valence-electron chi connectivity index (χ3n) is 4.47. The number of carbonyl (C=O) groups excluding carboxylic acids is 2. The molecule has 0 bridgehead atoms. The van der Waals surface area contributed by atoms with Crippen LogP contribution in [0, 0.1) is 0 Å². The number of halogens is 1. The van der Waals surface area contributed by atoms with E-state index in [9.17, 15) is 9.59 Å². The predicted octanol–water partition coefficient (Wildman–Crippen LogP) is 2.12. The van der Waals surface area contributed by atoms with Crippen molar-refractivity contribution < 1.29 is 14.0 Å². The molecule has 0 aliphatic carbocycles. The Bertz CT molecular complexity index is 733. The van der Waals surface area contributed by atoms with Gasteiger partial charge in [0.15, 0.2) is 5.76 Å². The van der Waals surface area contributed by atoms with Crippen LogP contribution in [0.15, 0.2) is 47.1 Å². The Morgan fingerprint density at radius 3 is 2.62 bits per heavy atom. The summed E-state index contributed by atoms with van der Waals surface area (Å²) >= 11 is 0. The van der Waals surface area contributed by atoms with Crippen molar-refractivity contribution in [1.82, 2.24) is 10.2 Å². The summed E-state index contributed by atoms with van der Waals surface area (Å²) in [5, 5.41) is 2.93. The molecular weight excluding hydrogens is 354 g/mol. The van der Waals surface area contributed by atoms with Crippen molar-refractivity contribution >= 4 is 24.2 Å². The number of amides is 2. The molecule has 1 aromatic heterocycles. The van der Waals surface area contributed by atoms with Gasteiger partial charge in [0.1, 0.15) is 6.04 Å². The Balaban J connectivity index is 0.00000243. The standard InChI is InChI=1S/C19H23N3O3.ClH/c20-9-3-4-10-21-18(23)16-12-14-6-1-2-7-15(14)13-22(16)19(24)17-8-5-11-25-17;/h1-2,5-8,11,16H,3-4,9-10,12-13,20H2,(H,21,23);1H. The van der Waals surface area contributed by atoms with Gasteiger partial charge in [0.2, 0.25) is 5.91 Å². The third-order valence-corrected chi connectivity index (χ3v) is 4.47. The van der Waals surface area contributed by atoms with Crippen molar-refractivity contribution in [1.29, 1.82) is 0 Å². The summed E-state index contributed by atoms with van der Waals surface area (Å²) in [5.41, 5.74) is 7.65. The molecule has 1 aliphatic rings. The monoisotopic (exact) mass is 377 g/mol. The number of furan rings is 1. The first kappa shape index (κ1) is 20.0. The Labute approximate surface area is 159 Å². The van der Waals surface area contributed by atoms with Crippen LogP contribution in [0.5, 0.6) is 0 Å². The highest BCUT2D eigenvalue weighted by molar-refractivity contribution is 5.96. The van der Waals surface area contributed by atoms with Gasteiger partial charge in [0, 0.05) is 19.5 Å². The van der Waals surface area contributed by atoms with E-state index < -0.39 is 6.04 Å². The zero-order valence-electron chi connectivity index (χ0n) is 14.5. The highest BCUT2D eigenvalue weighted by Gasteiger charge is 2.35. The number of nitrogens with zero attached hydrogens (tertiary/aromatic N) is 1. The number of hydrogen-bond acceptors (Lipinski definition) is 4. The molecule has 0 fully saturated rings. The van der Waals surface area contributed by atoms with Crippen LogP contribution in [-0.2, 0) is 17.8 Å². The van der Waals surface area contributed by atoms with E-state index in [4.69, 9.17) is 10.2 Å². The van der Waals surface area contributed by atoms with Gasteiger partial charge in [0.05, 0.1) is 6.26 Å². The third kappa shape index (κ3) is 4.45. The van der Waals surface area contributed by atoms with Crippen LogP contribution in [0.1, 0.15) is 34.5 Å². The van der Waals surface area contributed by atoms with E-state index in [1.54, 1.807) is 17.0 Å². The molecule has 6 nitrogen and oxygen atoms in total. The number of nitrogens with two attached hydrogens (primary N) is 1. The Kier molecular flexibility index (Phi) is 7.24. The summed E-state index contributed by atoms with van der Waals surface area (Å²) < 4.78 is 5.24. The van der Waals surface area contributed by atoms with E-state index in [-0.39, 0.29) is 30.0 Å². The lowest BCUT2D eigenvalue weighted by Gasteiger charge is -2.35. The molecule has 1 unspecified atom stereocenters. The van der Waals surface area contributed by atoms with Crippen LogP contribution in [-0.4, -0.2) is 35.8 Å². The molecule has 3 N–H and O–H groups in total. The summed E-state index contributed by atoms with van der Waals surface area (Å²) in [6.07, 6.45) is 3.67. The number of nitrogens with one attached hydrogen (secondary N) is 1. The normalized spacial score (nSPS) is 15.7. The van der Waals surface area contributed by atoms with Crippen molar-refractivity contribution in [3.05, 3.63) is 59.5 Å². The van der Waals surface area contributed by atoms with Crippen LogP contribution in [0.4, 0.5) is 0 Å². The molecule has 0 saturated carbocycles. The van der Waals surface area contributed by atoms with Crippen LogP contribution >= 0.6 is 12.4 Å². The summed E-state index contributed by atoms with van der Waals surface area (Å²) in [5.74, 6) is -0.145. The maximum Gasteiger partial charge on any atom is 0.290 e. The summed E-state index contributed by atoms with van der Waals surface area (Å²) in [6, 6.07) is 10.7. The maximum atomic E-state index is 12.8. The van der Waals surface area contributed by atoms with Gasteiger partial charge in [-0.15, -0.1) is 12.4 Å². The molecule has 0 radical (unpaired) electrons. The second-order valence-electron chi connectivity index (χ2n) is 6.19. The first-order chi connectivity index (χ1) is 12.2. The van der Waals surface area contributed by atoms with E-state index in [2.05, 4.69) is 5.32 Å². The first-order valence-corrected chi connectivity index (χ1v) is 8.59. The largest absolute Gasteiger partial charge is 0.459 e. The van der Waals surface area contributed by atoms with Gasteiger partial charge in [-0.05, 0) is 42.6 Å². The van der Waals surface area contributed by atoms with Gasteiger partial charge < -0.3 is 20.4 Å². The number of rotatable bonds is 6. The number of fused-ring (bicyclic) bond motifs is 1. The quantitative estimate of drug-likeness (QED) is 0.755. The Morgan fingerprint density at radius 2 is 1.92 bits per heavy atom. The fourth-order valence-electron chi connectivity index (χ4n) is 3.11. The number of hydrogen-bond donors (Lipinski definition) is 2. The highest BCUT2D eigenvalue weighted by atomic mass is 35.5. The molecule has 1 aliphatic heterocycles. The molecule has 1 atom stereocenters. The lowest BCUT2D eigenvalue weighted by molar-refractivity contribution is -0.126. The van der Waals surface area contributed by atoms with Crippen molar-refractivity contribution in [2.24, 2.45) is 5.73 Å². The average Bonchev–Trinajstić information content (AvgIpc) is 3.18. The van der Waals surface area contributed by atoms with E-state index in [0.717, 1.165) is 24.0 Å². The smallest absolute Gasteiger partial charge is 0.290 e. The second-order valence-corrected chi connectivity index (χ2v) is 6.19. The summed E-state index contributed by atoms with van der Waals surface area (Å²) in [4.78, 5) is 27.1. The fourth-order valence-corrected chi connectivity index (χ4v) is 3.11.